The summed E-state index contributed by atoms with van der Waals surface area (Å²) in [5.74, 6) is 0.594. The maximum atomic E-state index is 12.1. The number of methoxy groups -OCH3 is 1. The number of amides is 1. The number of aryl methyl sites for hydroxylation is 3. The Hall–Kier alpha value is -2.55. The number of hydrogen-bond donors (Lipinski definition) is 1. The first-order chi connectivity index (χ1) is 10.5. The van der Waals surface area contributed by atoms with E-state index >= 15 is 0 Å². The predicted octanol–water partition coefficient (Wildman–Crippen LogP) is 4.27. The van der Waals surface area contributed by atoms with E-state index in [1.807, 2.05) is 57.2 Å². The van der Waals surface area contributed by atoms with E-state index in [2.05, 4.69) is 5.32 Å². The summed E-state index contributed by atoms with van der Waals surface area (Å²) >= 11 is 0. The van der Waals surface area contributed by atoms with Gasteiger partial charge in [0.15, 0.2) is 0 Å². The van der Waals surface area contributed by atoms with Crippen molar-refractivity contribution in [3.8, 4) is 5.75 Å². The second-order valence-electron chi connectivity index (χ2n) is 5.39. The Bertz CT molecular complexity index is 717. The second-order valence-corrected chi connectivity index (χ2v) is 5.39. The highest BCUT2D eigenvalue weighted by atomic mass is 16.5. The highest BCUT2D eigenvalue weighted by molar-refractivity contribution is 6.02. The lowest BCUT2D eigenvalue weighted by Gasteiger charge is -2.08. The molecule has 0 spiro atoms. The molecule has 114 valence electrons. The van der Waals surface area contributed by atoms with Crippen LogP contribution >= 0.6 is 0 Å². The number of ether oxygens (including phenoxy) is 1. The third-order valence-corrected chi connectivity index (χ3v) is 3.44. The molecular formula is C19H21NO2. The summed E-state index contributed by atoms with van der Waals surface area (Å²) in [5.41, 5.74) is 5.07. The summed E-state index contributed by atoms with van der Waals surface area (Å²) in [4.78, 5) is 12.1. The van der Waals surface area contributed by atoms with E-state index in [4.69, 9.17) is 4.74 Å². The van der Waals surface area contributed by atoms with Crippen LogP contribution < -0.4 is 10.1 Å². The van der Waals surface area contributed by atoms with Gasteiger partial charge in [-0.1, -0.05) is 29.3 Å². The molecule has 0 aliphatic carbocycles. The molecule has 0 radical (unpaired) electrons. The van der Waals surface area contributed by atoms with Crippen molar-refractivity contribution < 1.29 is 9.53 Å². The minimum Gasteiger partial charge on any atom is -0.496 e. The Morgan fingerprint density at radius 2 is 1.73 bits per heavy atom. The minimum atomic E-state index is -0.157. The molecule has 2 rings (SSSR count). The van der Waals surface area contributed by atoms with E-state index in [1.165, 1.54) is 11.6 Å². The number of carbonyl (C=O) groups excluding carboxylic acids is 1. The van der Waals surface area contributed by atoms with Gasteiger partial charge in [0, 0.05) is 17.3 Å². The smallest absolute Gasteiger partial charge is 0.248 e. The van der Waals surface area contributed by atoms with Gasteiger partial charge in [0.25, 0.3) is 0 Å². The maximum absolute atomic E-state index is 12.1. The van der Waals surface area contributed by atoms with Crippen molar-refractivity contribution in [2.45, 2.75) is 20.8 Å². The first-order valence-corrected chi connectivity index (χ1v) is 7.20. The highest BCUT2D eigenvalue weighted by Gasteiger charge is 2.03. The van der Waals surface area contributed by atoms with E-state index in [-0.39, 0.29) is 5.91 Å². The molecule has 0 saturated carbocycles. The number of nitrogens with one attached hydrogen (secondary N) is 1. The van der Waals surface area contributed by atoms with Crippen LogP contribution in [0, 0.1) is 20.8 Å². The maximum Gasteiger partial charge on any atom is 0.248 e. The lowest BCUT2D eigenvalue weighted by Crippen LogP contribution is -2.09. The SMILES string of the molecule is COc1ccc(C)cc1/C=C/C(=O)Nc1ccc(C)cc1C. The van der Waals surface area contributed by atoms with Crippen molar-refractivity contribution >= 4 is 17.7 Å². The first kappa shape index (κ1) is 15.8. The fraction of sp³-hybridized carbons (Fsp3) is 0.211. The second kappa shape index (κ2) is 6.94. The van der Waals surface area contributed by atoms with Crippen LogP contribution in [0.2, 0.25) is 0 Å². The molecule has 2 aromatic carbocycles. The monoisotopic (exact) mass is 295 g/mol. The van der Waals surface area contributed by atoms with Crippen LogP contribution in [0.25, 0.3) is 6.08 Å². The summed E-state index contributed by atoms with van der Waals surface area (Å²) in [5, 5.41) is 2.89. The highest BCUT2D eigenvalue weighted by Crippen LogP contribution is 2.21. The Morgan fingerprint density at radius 1 is 1.05 bits per heavy atom. The quantitative estimate of drug-likeness (QED) is 0.855. The molecule has 2 aromatic rings. The van der Waals surface area contributed by atoms with Crippen LogP contribution in [0.3, 0.4) is 0 Å². The van der Waals surface area contributed by atoms with Crippen molar-refractivity contribution in [3.05, 3.63) is 64.7 Å². The molecule has 0 unspecified atom stereocenters. The van der Waals surface area contributed by atoms with Crippen LogP contribution in [0.1, 0.15) is 22.3 Å². The van der Waals surface area contributed by atoms with E-state index < -0.39 is 0 Å². The summed E-state index contributed by atoms with van der Waals surface area (Å²) in [6.45, 7) is 6.02. The lowest BCUT2D eigenvalue weighted by atomic mass is 10.1. The van der Waals surface area contributed by atoms with Crippen molar-refractivity contribution in [2.24, 2.45) is 0 Å². The minimum absolute atomic E-state index is 0.157. The van der Waals surface area contributed by atoms with Crippen molar-refractivity contribution in [2.75, 3.05) is 12.4 Å². The zero-order valence-corrected chi connectivity index (χ0v) is 13.4. The molecule has 0 aliphatic rings. The average molecular weight is 295 g/mol. The Balaban J connectivity index is 2.13. The molecule has 3 heteroatoms. The fourth-order valence-corrected chi connectivity index (χ4v) is 2.28. The average Bonchev–Trinajstić information content (AvgIpc) is 2.48. The van der Waals surface area contributed by atoms with E-state index in [0.29, 0.717) is 0 Å². The van der Waals surface area contributed by atoms with Crippen molar-refractivity contribution in [1.29, 1.82) is 0 Å². The third kappa shape index (κ3) is 3.98. The molecule has 0 bridgehead atoms. The van der Waals surface area contributed by atoms with Gasteiger partial charge in [-0.25, -0.2) is 0 Å². The van der Waals surface area contributed by atoms with Crippen molar-refractivity contribution in [1.82, 2.24) is 0 Å². The number of hydrogen-bond acceptors (Lipinski definition) is 2. The fourth-order valence-electron chi connectivity index (χ4n) is 2.28. The molecule has 22 heavy (non-hydrogen) atoms. The van der Waals surface area contributed by atoms with E-state index in [1.54, 1.807) is 13.2 Å². The van der Waals surface area contributed by atoms with Gasteiger partial charge < -0.3 is 10.1 Å². The molecule has 0 heterocycles. The van der Waals surface area contributed by atoms with Crippen LogP contribution in [-0.4, -0.2) is 13.0 Å². The Kier molecular flexibility index (Phi) is 4.99. The normalized spacial score (nSPS) is 10.7. The third-order valence-electron chi connectivity index (χ3n) is 3.44. The molecule has 0 saturated heterocycles. The van der Waals surface area contributed by atoms with Gasteiger partial charge in [0.2, 0.25) is 5.91 Å². The van der Waals surface area contributed by atoms with Gasteiger partial charge in [-0.05, 0) is 50.6 Å². The molecule has 0 atom stereocenters. The molecule has 0 fully saturated rings. The number of rotatable bonds is 4. The van der Waals surface area contributed by atoms with E-state index in [9.17, 15) is 4.79 Å². The van der Waals surface area contributed by atoms with E-state index in [0.717, 1.165) is 28.1 Å². The van der Waals surface area contributed by atoms with Gasteiger partial charge in [0.1, 0.15) is 5.75 Å². The molecular weight excluding hydrogens is 274 g/mol. The summed E-state index contributed by atoms with van der Waals surface area (Å²) in [6, 6.07) is 11.8. The summed E-state index contributed by atoms with van der Waals surface area (Å²) in [6.07, 6.45) is 3.29. The number of benzene rings is 2. The topological polar surface area (TPSA) is 38.3 Å². The van der Waals surface area contributed by atoms with Gasteiger partial charge in [-0.2, -0.15) is 0 Å². The first-order valence-electron chi connectivity index (χ1n) is 7.20. The van der Waals surface area contributed by atoms with Gasteiger partial charge in [-0.15, -0.1) is 0 Å². The largest absolute Gasteiger partial charge is 0.496 e. The standard InChI is InChI=1S/C19H21NO2/c1-13-5-8-17(15(3)11-13)20-19(21)10-7-16-12-14(2)6-9-18(16)22-4/h5-12H,1-4H3,(H,20,21)/b10-7+. The zero-order valence-electron chi connectivity index (χ0n) is 13.4. The van der Waals surface area contributed by atoms with Crippen LogP contribution in [0.4, 0.5) is 5.69 Å². The molecule has 1 N–H and O–H groups in total. The lowest BCUT2D eigenvalue weighted by molar-refractivity contribution is -0.111. The predicted molar refractivity (Wildman–Crippen MR) is 91.3 cm³/mol. The molecule has 0 aromatic heterocycles. The Labute approximate surface area is 131 Å². The Morgan fingerprint density at radius 3 is 2.41 bits per heavy atom. The number of carbonyl (C=O) groups is 1. The summed E-state index contributed by atoms with van der Waals surface area (Å²) < 4.78 is 5.30. The van der Waals surface area contributed by atoms with Crippen LogP contribution in [0.5, 0.6) is 5.75 Å². The van der Waals surface area contributed by atoms with Gasteiger partial charge in [-0.3, -0.25) is 4.79 Å². The summed E-state index contributed by atoms with van der Waals surface area (Å²) in [7, 11) is 1.62. The molecule has 1 amide bonds. The number of anilines is 1. The van der Waals surface area contributed by atoms with Crippen LogP contribution in [-0.2, 0) is 4.79 Å². The van der Waals surface area contributed by atoms with Gasteiger partial charge >= 0.3 is 0 Å². The zero-order chi connectivity index (χ0) is 16.1. The van der Waals surface area contributed by atoms with Crippen molar-refractivity contribution in [3.63, 3.8) is 0 Å². The van der Waals surface area contributed by atoms with Crippen LogP contribution in [0.15, 0.2) is 42.5 Å². The molecule has 0 aliphatic heterocycles. The van der Waals surface area contributed by atoms with Gasteiger partial charge in [0.05, 0.1) is 7.11 Å². The molecule has 3 nitrogen and oxygen atoms in total.